The summed E-state index contributed by atoms with van der Waals surface area (Å²) in [6.45, 7) is -1.11. The van der Waals surface area contributed by atoms with Crippen LogP contribution in [0.15, 0.2) is 42.5 Å². The lowest BCUT2D eigenvalue weighted by Crippen LogP contribution is -2.14. The Morgan fingerprint density at radius 3 is 2.62 bits per heavy atom. The van der Waals surface area contributed by atoms with Crippen molar-refractivity contribution in [3.63, 3.8) is 0 Å². The SMILES string of the molecule is Cl.[2H][13C]([2H])([2H])N1C[C@@H]2c3ccccc3Oc3ccc(Cl)cc3[C@H]2C1. The Labute approximate surface area is 140 Å². The van der Waals surface area contributed by atoms with Crippen LogP contribution in [-0.2, 0) is 0 Å². The standard InChI is InChI=1S/C17H16ClNO.ClH/c1-19-9-14-12-4-2-3-5-16(12)20-17-7-6-11(18)8-13(17)15(14)10-19;/h2-8,14-15H,9-10H2,1H3;1H/t14-,15-;/m1./s1/i1+1D3;. The average molecular weight is 326 g/mol. The van der Waals surface area contributed by atoms with Crippen LogP contribution >= 0.6 is 24.0 Å². The number of likely N-dealkylation sites (tertiary alicyclic amines) is 1. The molecule has 0 bridgehead atoms. The van der Waals surface area contributed by atoms with Crippen molar-refractivity contribution in [3.8, 4) is 11.5 Å². The summed E-state index contributed by atoms with van der Waals surface area (Å²) in [6, 6.07) is 13.5. The van der Waals surface area contributed by atoms with Gasteiger partial charge in [0.1, 0.15) is 11.5 Å². The fourth-order valence-corrected chi connectivity index (χ4v) is 3.51. The van der Waals surface area contributed by atoms with Crippen molar-refractivity contribution in [2.75, 3.05) is 20.1 Å². The molecule has 2 aromatic rings. The van der Waals surface area contributed by atoms with E-state index < -0.39 is 6.98 Å². The van der Waals surface area contributed by atoms with Gasteiger partial charge >= 0.3 is 0 Å². The van der Waals surface area contributed by atoms with E-state index in [9.17, 15) is 0 Å². The molecule has 2 atom stereocenters. The van der Waals surface area contributed by atoms with Crippen molar-refractivity contribution in [1.82, 2.24) is 4.90 Å². The average Bonchev–Trinajstić information content (AvgIpc) is 2.90. The molecule has 2 heterocycles. The molecule has 2 aromatic carbocycles. The van der Waals surface area contributed by atoms with E-state index in [4.69, 9.17) is 20.5 Å². The van der Waals surface area contributed by atoms with Gasteiger partial charge in [-0.2, -0.15) is 0 Å². The van der Waals surface area contributed by atoms with Gasteiger partial charge in [-0.3, -0.25) is 0 Å². The molecule has 110 valence electrons. The Morgan fingerprint density at radius 2 is 1.81 bits per heavy atom. The number of likely N-dealkylation sites (N-methyl/N-ethyl adjacent to an activating group) is 1. The predicted octanol–water partition coefficient (Wildman–Crippen LogP) is 4.68. The molecule has 1 saturated heterocycles. The van der Waals surface area contributed by atoms with E-state index in [2.05, 4.69) is 0 Å². The number of hydrogen-bond donors (Lipinski definition) is 0. The number of nitrogens with zero attached hydrogens (tertiary/aromatic N) is 1. The van der Waals surface area contributed by atoms with E-state index >= 15 is 0 Å². The van der Waals surface area contributed by atoms with Crippen molar-refractivity contribution in [1.29, 1.82) is 0 Å². The van der Waals surface area contributed by atoms with Crippen LogP contribution in [0.4, 0.5) is 0 Å². The zero-order valence-corrected chi connectivity index (χ0v) is 12.8. The Balaban J connectivity index is 0.00000169. The van der Waals surface area contributed by atoms with E-state index in [1.165, 1.54) is 0 Å². The fraction of sp³-hybridized carbons (Fsp3) is 0.294. The van der Waals surface area contributed by atoms with Crippen molar-refractivity contribution < 1.29 is 8.85 Å². The van der Waals surface area contributed by atoms with Gasteiger partial charge in [0.15, 0.2) is 0 Å². The highest BCUT2D eigenvalue weighted by Gasteiger charge is 2.38. The normalized spacial score (nSPS) is 25.9. The molecular formula is C17H17Cl2NO. The second kappa shape index (κ2) is 5.53. The zero-order valence-electron chi connectivity index (χ0n) is 14.3. The maximum Gasteiger partial charge on any atom is 0.131 e. The number of para-hydroxylation sites is 1. The van der Waals surface area contributed by atoms with Crippen LogP contribution in [0.2, 0.25) is 5.02 Å². The van der Waals surface area contributed by atoms with Crippen LogP contribution in [0.5, 0.6) is 11.5 Å². The van der Waals surface area contributed by atoms with Crippen LogP contribution < -0.4 is 4.74 Å². The third kappa shape index (κ3) is 2.42. The molecule has 0 saturated carbocycles. The van der Waals surface area contributed by atoms with E-state index in [0.717, 1.165) is 22.6 Å². The quantitative estimate of drug-likeness (QED) is 0.652. The zero-order chi connectivity index (χ0) is 16.2. The second-order valence-corrected chi connectivity index (χ2v) is 5.88. The second-order valence-electron chi connectivity index (χ2n) is 5.44. The molecule has 2 nitrogen and oxygen atoms in total. The summed E-state index contributed by atoms with van der Waals surface area (Å²) in [5.74, 6) is 1.72. The van der Waals surface area contributed by atoms with Crippen molar-refractivity contribution in [2.45, 2.75) is 11.8 Å². The van der Waals surface area contributed by atoms with Crippen LogP contribution in [0.1, 0.15) is 27.1 Å². The van der Waals surface area contributed by atoms with E-state index in [-0.39, 0.29) is 24.2 Å². The van der Waals surface area contributed by atoms with Gasteiger partial charge in [-0.05, 0) is 36.8 Å². The lowest BCUT2D eigenvalue weighted by molar-refractivity contribution is 0.401. The first kappa shape index (κ1) is 11.4. The molecule has 1 fully saturated rings. The van der Waals surface area contributed by atoms with Gasteiger partial charge < -0.3 is 9.64 Å². The summed E-state index contributed by atoms with van der Waals surface area (Å²) in [5, 5.41) is 0.643. The maximum absolute atomic E-state index is 7.75. The van der Waals surface area contributed by atoms with Gasteiger partial charge in [0, 0.05) is 39.6 Å². The molecule has 0 spiro atoms. The van der Waals surface area contributed by atoms with Crippen molar-refractivity contribution in [3.05, 3.63) is 58.6 Å². The van der Waals surface area contributed by atoms with Crippen molar-refractivity contribution >= 4 is 24.0 Å². The van der Waals surface area contributed by atoms with Gasteiger partial charge in [0.2, 0.25) is 0 Å². The van der Waals surface area contributed by atoms with Gasteiger partial charge in [-0.25, -0.2) is 0 Å². The molecule has 0 unspecified atom stereocenters. The fourth-order valence-electron chi connectivity index (χ4n) is 3.33. The highest BCUT2D eigenvalue weighted by atomic mass is 35.5. The molecular weight excluding hydrogens is 306 g/mol. The minimum atomic E-state index is -2.08. The lowest BCUT2D eigenvalue weighted by Gasteiger charge is -2.17. The Hall–Kier alpha value is -1.22. The van der Waals surface area contributed by atoms with Crippen LogP contribution in [0.25, 0.3) is 0 Å². The summed E-state index contributed by atoms with van der Waals surface area (Å²) in [5.41, 5.74) is 2.06. The molecule has 21 heavy (non-hydrogen) atoms. The molecule has 0 amide bonds. The lowest BCUT2D eigenvalue weighted by atomic mass is 9.84. The first-order chi connectivity index (χ1) is 10.9. The molecule has 2 aliphatic rings. The summed E-state index contributed by atoms with van der Waals surface area (Å²) >= 11 is 6.18. The Bertz CT molecular complexity index is 766. The van der Waals surface area contributed by atoms with Gasteiger partial charge in [-0.1, -0.05) is 29.8 Å². The summed E-state index contributed by atoms with van der Waals surface area (Å²) in [7, 11) is 0. The van der Waals surface area contributed by atoms with Crippen molar-refractivity contribution in [2.24, 2.45) is 0 Å². The van der Waals surface area contributed by atoms with Crippen LogP contribution in [0, 0.1) is 0 Å². The number of benzene rings is 2. The molecule has 2 aliphatic heterocycles. The van der Waals surface area contributed by atoms with E-state index in [1.54, 1.807) is 11.0 Å². The smallest absolute Gasteiger partial charge is 0.131 e. The van der Waals surface area contributed by atoms with E-state index in [1.807, 2.05) is 36.4 Å². The summed E-state index contributed by atoms with van der Waals surface area (Å²) in [4.78, 5) is 1.58. The third-order valence-corrected chi connectivity index (χ3v) is 4.46. The Kier molecular flexibility index (Phi) is 2.99. The maximum atomic E-state index is 7.75. The summed E-state index contributed by atoms with van der Waals surface area (Å²) in [6.07, 6.45) is 0. The first-order valence-electron chi connectivity index (χ1n) is 8.25. The molecule has 0 N–H and O–H groups in total. The van der Waals surface area contributed by atoms with Gasteiger partial charge in [-0.15, -0.1) is 12.4 Å². The number of halogens is 2. The van der Waals surface area contributed by atoms with Crippen LogP contribution in [0.3, 0.4) is 0 Å². The minimum Gasteiger partial charge on any atom is -0.457 e. The number of rotatable bonds is 0. The van der Waals surface area contributed by atoms with Gasteiger partial charge in [0.25, 0.3) is 0 Å². The number of ether oxygens (including phenoxy) is 1. The minimum absolute atomic E-state index is 0. The molecule has 4 rings (SSSR count). The van der Waals surface area contributed by atoms with Gasteiger partial charge in [0.05, 0.1) is 0 Å². The topological polar surface area (TPSA) is 12.5 Å². The molecule has 0 aromatic heterocycles. The number of hydrogen-bond acceptors (Lipinski definition) is 2. The van der Waals surface area contributed by atoms with Crippen LogP contribution in [-0.4, -0.2) is 25.0 Å². The predicted molar refractivity (Wildman–Crippen MR) is 88.2 cm³/mol. The summed E-state index contributed by atoms with van der Waals surface area (Å²) < 4.78 is 29.3. The highest BCUT2D eigenvalue weighted by molar-refractivity contribution is 6.30. The first-order valence-corrected chi connectivity index (χ1v) is 7.12. The third-order valence-electron chi connectivity index (χ3n) is 4.23. The number of fused-ring (bicyclic) bond motifs is 5. The molecule has 0 radical (unpaired) electrons. The molecule has 4 heteroatoms. The molecule has 0 aliphatic carbocycles. The van der Waals surface area contributed by atoms with E-state index in [0.29, 0.717) is 18.1 Å². The Morgan fingerprint density at radius 1 is 1.10 bits per heavy atom. The monoisotopic (exact) mass is 325 g/mol. The largest absolute Gasteiger partial charge is 0.457 e. The highest BCUT2D eigenvalue weighted by Crippen LogP contribution is 2.49.